The van der Waals surface area contributed by atoms with E-state index >= 15 is 0 Å². The van der Waals surface area contributed by atoms with E-state index in [2.05, 4.69) is 10.6 Å². The number of carbonyl (C=O) groups is 2. The van der Waals surface area contributed by atoms with Crippen molar-refractivity contribution >= 4 is 23.2 Å². The second kappa shape index (κ2) is 9.44. The van der Waals surface area contributed by atoms with E-state index in [1.54, 1.807) is 55.6 Å². The maximum absolute atomic E-state index is 12.2. The summed E-state index contributed by atoms with van der Waals surface area (Å²) < 4.78 is 10.0. The van der Waals surface area contributed by atoms with Gasteiger partial charge in [0.25, 0.3) is 5.91 Å². The molecule has 2 aromatic rings. The lowest BCUT2D eigenvalue weighted by molar-refractivity contribution is -0.121. The van der Waals surface area contributed by atoms with Crippen molar-refractivity contribution < 1.29 is 19.1 Å². The molecule has 24 heavy (non-hydrogen) atoms. The number of anilines is 2. The highest BCUT2D eigenvalue weighted by molar-refractivity contribution is 6.07. The Morgan fingerprint density at radius 3 is 2.17 bits per heavy atom. The van der Waals surface area contributed by atoms with Crippen LogP contribution in [0.25, 0.3) is 0 Å². The van der Waals surface area contributed by atoms with Gasteiger partial charge in [-0.2, -0.15) is 0 Å². The van der Waals surface area contributed by atoms with E-state index in [-0.39, 0.29) is 18.4 Å². The van der Waals surface area contributed by atoms with E-state index in [1.807, 2.05) is 6.07 Å². The fraction of sp³-hybridized carbons (Fsp3) is 0.222. The molecule has 0 radical (unpaired) electrons. The first kappa shape index (κ1) is 17.7. The third kappa shape index (κ3) is 5.49. The first-order valence-electron chi connectivity index (χ1n) is 7.52. The van der Waals surface area contributed by atoms with Gasteiger partial charge < -0.3 is 20.1 Å². The average Bonchev–Trinajstić information content (AvgIpc) is 2.61. The molecule has 6 heteroatoms. The number of ether oxygens (including phenoxy) is 2. The van der Waals surface area contributed by atoms with E-state index in [1.165, 1.54) is 0 Å². The molecule has 126 valence electrons. The standard InChI is InChI=1S/C18H20N2O4/c1-23-11-12-24-13-17(21)19-15-9-5-6-10-16(15)20-18(22)14-7-3-2-4-8-14/h2-10H,11-13H2,1H3,(H,19,21)(H,20,22). The first-order valence-corrected chi connectivity index (χ1v) is 7.52. The van der Waals surface area contributed by atoms with Crippen LogP contribution in [0.4, 0.5) is 11.4 Å². The molecule has 0 saturated carbocycles. The molecular formula is C18H20N2O4. The molecule has 0 aliphatic rings. The summed E-state index contributed by atoms with van der Waals surface area (Å²) in [5.41, 5.74) is 1.58. The fourth-order valence-electron chi connectivity index (χ4n) is 1.98. The zero-order valence-corrected chi connectivity index (χ0v) is 13.5. The lowest BCUT2D eigenvalue weighted by Crippen LogP contribution is -2.21. The van der Waals surface area contributed by atoms with Gasteiger partial charge in [-0.1, -0.05) is 30.3 Å². The van der Waals surface area contributed by atoms with Crippen molar-refractivity contribution in [2.75, 3.05) is 37.6 Å². The normalized spacial score (nSPS) is 10.2. The second-order valence-corrected chi connectivity index (χ2v) is 4.96. The van der Waals surface area contributed by atoms with Crippen molar-refractivity contribution in [1.82, 2.24) is 0 Å². The van der Waals surface area contributed by atoms with Crippen LogP contribution in [0.5, 0.6) is 0 Å². The van der Waals surface area contributed by atoms with Gasteiger partial charge in [0, 0.05) is 12.7 Å². The number of methoxy groups -OCH3 is 1. The summed E-state index contributed by atoms with van der Waals surface area (Å²) in [7, 11) is 1.56. The summed E-state index contributed by atoms with van der Waals surface area (Å²) in [5.74, 6) is -0.541. The van der Waals surface area contributed by atoms with Crippen molar-refractivity contribution in [1.29, 1.82) is 0 Å². The van der Waals surface area contributed by atoms with Crippen molar-refractivity contribution in [3.8, 4) is 0 Å². The zero-order valence-electron chi connectivity index (χ0n) is 13.5. The number of nitrogens with one attached hydrogen (secondary N) is 2. The molecule has 0 fully saturated rings. The van der Waals surface area contributed by atoms with Gasteiger partial charge in [-0.3, -0.25) is 9.59 Å². The Bertz CT molecular complexity index is 674. The molecule has 0 heterocycles. The SMILES string of the molecule is COCCOCC(=O)Nc1ccccc1NC(=O)c1ccccc1. The predicted octanol–water partition coefficient (Wildman–Crippen LogP) is 2.54. The van der Waals surface area contributed by atoms with Gasteiger partial charge in [0.15, 0.2) is 0 Å². The predicted molar refractivity (Wildman–Crippen MR) is 92.2 cm³/mol. The van der Waals surface area contributed by atoms with E-state index in [0.29, 0.717) is 30.2 Å². The number of para-hydroxylation sites is 2. The molecule has 2 amide bonds. The summed E-state index contributed by atoms with van der Waals surface area (Å²) in [6, 6.07) is 15.9. The molecule has 0 bridgehead atoms. The van der Waals surface area contributed by atoms with Crippen LogP contribution in [0.3, 0.4) is 0 Å². The van der Waals surface area contributed by atoms with Crippen molar-refractivity contribution in [2.24, 2.45) is 0 Å². The van der Waals surface area contributed by atoms with Crippen LogP contribution in [0.1, 0.15) is 10.4 Å². The molecule has 2 rings (SSSR count). The van der Waals surface area contributed by atoms with Crippen molar-refractivity contribution in [3.05, 3.63) is 60.2 Å². The van der Waals surface area contributed by atoms with Gasteiger partial charge in [0.2, 0.25) is 5.91 Å². The van der Waals surface area contributed by atoms with Crippen LogP contribution in [-0.2, 0) is 14.3 Å². The number of carbonyl (C=O) groups excluding carboxylic acids is 2. The summed E-state index contributed by atoms with van der Waals surface area (Å²) in [5, 5.41) is 5.52. The largest absolute Gasteiger partial charge is 0.382 e. The number of amides is 2. The third-order valence-corrected chi connectivity index (χ3v) is 3.15. The van der Waals surface area contributed by atoms with E-state index in [9.17, 15) is 9.59 Å². The van der Waals surface area contributed by atoms with Crippen LogP contribution in [-0.4, -0.2) is 38.7 Å². The summed E-state index contributed by atoms with van der Waals surface area (Å²) in [6.45, 7) is 0.692. The summed E-state index contributed by atoms with van der Waals surface area (Å²) >= 11 is 0. The Balaban J connectivity index is 1.97. The Morgan fingerprint density at radius 1 is 0.875 bits per heavy atom. The molecule has 0 atom stereocenters. The Hall–Kier alpha value is -2.70. The van der Waals surface area contributed by atoms with Crippen LogP contribution in [0, 0.1) is 0 Å². The maximum Gasteiger partial charge on any atom is 0.255 e. The fourth-order valence-corrected chi connectivity index (χ4v) is 1.98. The highest BCUT2D eigenvalue weighted by Gasteiger charge is 2.10. The van der Waals surface area contributed by atoms with Gasteiger partial charge in [0.1, 0.15) is 6.61 Å². The van der Waals surface area contributed by atoms with Gasteiger partial charge >= 0.3 is 0 Å². The summed E-state index contributed by atoms with van der Waals surface area (Å²) in [6.07, 6.45) is 0. The molecule has 2 N–H and O–H groups in total. The minimum Gasteiger partial charge on any atom is -0.382 e. The molecular weight excluding hydrogens is 308 g/mol. The second-order valence-electron chi connectivity index (χ2n) is 4.96. The van der Waals surface area contributed by atoms with E-state index in [4.69, 9.17) is 9.47 Å². The minimum atomic E-state index is -0.299. The number of rotatable bonds is 8. The monoisotopic (exact) mass is 328 g/mol. The lowest BCUT2D eigenvalue weighted by Gasteiger charge is -2.12. The van der Waals surface area contributed by atoms with Crippen LogP contribution in [0.15, 0.2) is 54.6 Å². The van der Waals surface area contributed by atoms with Gasteiger partial charge in [-0.25, -0.2) is 0 Å². The molecule has 0 spiro atoms. The number of hydrogen-bond acceptors (Lipinski definition) is 4. The smallest absolute Gasteiger partial charge is 0.255 e. The Morgan fingerprint density at radius 2 is 1.50 bits per heavy atom. The molecule has 0 unspecified atom stereocenters. The molecule has 0 aromatic heterocycles. The molecule has 0 aliphatic heterocycles. The zero-order chi connectivity index (χ0) is 17.2. The van der Waals surface area contributed by atoms with Gasteiger partial charge in [-0.05, 0) is 24.3 Å². The quantitative estimate of drug-likeness (QED) is 0.730. The Labute approximate surface area is 140 Å². The highest BCUT2D eigenvalue weighted by Crippen LogP contribution is 2.21. The van der Waals surface area contributed by atoms with E-state index in [0.717, 1.165) is 0 Å². The molecule has 0 aliphatic carbocycles. The number of hydrogen-bond donors (Lipinski definition) is 2. The topological polar surface area (TPSA) is 76.7 Å². The van der Waals surface area contributed by atoms with E-state index < -0.39 is 0 Å². The maximum atomic E-state index is 12.2. The van der Waals surface area contributed by atoms with Crippen LogP contribution < -0.4 is 10.6 Å². The van der Waals surface area contributed by atoms with Gasteiger partial charge in [-0.15, -0.1) is 0 Å². The Kier molecular flexibility index (Phi) is 6.94. The minimum absolute atomic E-state index is 0.0790. The molecule has 6 nitrogen and oxygen atoms in total. The highest BCUT2D eigenvalue weighted by atomic mass is 16.5. The summed E-state index contributed by atoms with van der Waals surface area (Å²) in [4.78, 5) is 24.1. The molecule has 0 saturated heterocycles. The van der Waals surface area contributed by atoms with Gasteiger partial charge in [0.05, 0.1) is 24.6 Å². The first-order chi connectivity index (χ1) is 11.7. The van der Waals surface area contributed by atoms with Crippen LogP contribution in [0.2, 0.25) is 0 Å². The average molecular weight is 328 g/mol. The van der Waals surface area contributed by atoms with Crippen molar-refractivity contribution in [3.63, 3.8) is 0 Å². The van der Waals surface area contributed by atoms with Crippen molar-refractivity contribution in [2.45, 2.75) is 0 Å². The molecule has 2 aromatic carbocycles. The van der Waals surface area contributed by atoms with Crippen LogP contribution >= 0.6 is 0 Å². The number of benzene rings is 2. The third-order valence-electron chi connectivity index (χ3n) is 3.15. The lowest BCUT2D eigenvalue weighted by atomic mass is 10.2.